The zero-order valence-corrected chi connectivity index (χ0v) is 10.9. The van der Waals surface area contributed by atoms with Crippen molar-refractivity contribution in [3.05, 3.63) is 33.8 Å². The average molecular weight is 302 g/mol. The van der Waals surface area contributed by atoms with E-state index in [-0.39, 0.29) is 16.5 Å². The fraction of sp³-hybridized carbons (Fsp3) is 0.455. The molecule has 0 saturated carbocycles. The van der Waals surface area contributed by atoms with E-state index in [0.29, 0.717) is 0 Å². The summed E-state index contributed by atoms with van der Waals surface area (Å²) in [4.78, 5) is 0. The van der Waals surface area contributed by atoms with Crippen molar-refractivity contribution in [1.82, 2.24) is 0 Å². The molecule has 0 saturated heterocycles. The molecule has 0 amide bonds. The first-order valence-corrected chi connectivity index (χ1v) is 5.91. The topological polar surface area (TPSA) is 46.2 Å². The first-order chi connectivity index (χ1) is 8.16. The fourth-order valence-electron chi connectivity index (χ4n) is 1.66. The molecule has 0 bridgehead atoms. The predicted octanol–water partition coefficient (Wildman–Crippen LogP) is 3.48. The number of benzene rings is 1. The van der Waals surface area contributed by atoms with Crippen LogP contribution in [0.25, 0.3) is 0 Å². The van der Waals surface area contributed by atoms with Gasteiger partial charge in [-0.1, -0.05) is 42.3 Å². The lowest BCUT2D eigenvalue weighted by Gasteiger charge is -2.36. The normalized spacial score (nSPS) is 17.3. The molecular weight excluding hydrogens is 290 g/mol. The van der Waals surface area contributed by atoms with Crippen LogP contribution in [0.5, 0.6) is 0 Å². The Balaban J connectivity index is 3.50. The van der Waals surface area contributed by atoms with E-state index < -0.39 is 23.4 Å². The molecule has 1 rings (SSSR count). The van der Waals surface area contributed by atoms with Gasteiger partial charge in [-0.3, -0.25) is 0 Å². The second kappa shape index (κ2) is 5.25. The molecule has 0 spiro atoms. The number of hydrogen-bond acceptors (Lipinski definition) is 2. The number of nitrogens with two attached hydrogens (primary N) is 1. The second-order valence-corrected chi connectivity index (χ2v) is 4.67. The van der Waals surface area contributed by atoms with Crippen molar-refractivity contribution >= 4 is 23.2 Å². The summed E-state index contributed by atoms with van der Waals surface area (Å²) in [6, 6.07) is 2.15. The summed E-state index contributed by atoms with van der Waals surface area (Å²) in [5, 5.41) is 9.59. The van der Waals surface area contributed by atoms with Gasteiger partial charge < -0.3 is 10.8 Å². The van der Waals surface area contributed by atoms with E-state index in [1.165, 1.54) is 19.1 Å². The Morgan fingerprint density at radius 3 is 2.33 bits per heavy atom. The lowest BCUT2D eigenvalue weighted by molar-refractivity contribution is -0.274. The van der Waals surface area contributed by atoms with Gasteiger partial charge in [0.15, 0.2) is 0 Å². The monoisotopic (exact) mass is 301 g/mol. The van der Waals surface area contributed by atoms with Crippen LogP contribution in [0.4, 0.5) is 13.2 Å². The first-order valence-electron chi connectivity index (χ1n) is 5.15. The van der Waals surface area contributed by atoms with E-state index in [9.17, 15) is 18.3 Å². The third-order valence-corrected chi connectivity index (χ3v) is 3.59. The van der Waals surface area contributed by atoms with Crippen molar-refractivity contribution in [3.8, 4) is 0 Å². The van der Waals surface area contributed by atoms with Gasteiger partial charge in [0.25, 0.3) is 0 Å². The van der Waals surface area contributed by atoms with Crippen molar-refractivity contribution in [2.75, 3.05) is 0 Å². The minimum absolute atomic E-state index is 0.0693. The van der Waals surface area contributed by atoms with E-state index >= 15 is 0 Å². The smallest absolute Gasteiger partial charge is 0.375 e. The minimum Gasteiger partial charge on any atom is -0.375 e. The van der Waals surface area contributed by atoms with Crippen molar-refractivity contribution in [1.29, 1.82) is 0 Å². The summed E-state index contributed by atoms with van der Waals surface area (Å²) in [5.74, 6) is 0. The van der Waals surface area contributed by atoms with Gasteiger partial charge in [0.05, 0.1) is 10.0 Å². The Bertz CT molecular complexity index is 439. The summed E-state index contributed by atoms with van der Waals surface area (Å²) >= 11 is 11.4. The summed E-state index contributed by atoms with van der Waals surface area (Å²) in [7, 11) is 0. The van der Waals surface area contributed by atoms with E-state index in [4.69, 9.17) is 28.9 Å². The predicted molar refractivity (Wildman–Crippen MR) is 64.7 cm³/mol. The highest BCUT2D eigenvalue weighted by Gasteiger charge is 2.59. The third-order valence-electron chi connectivity index (χ3n) is 2.77. The maximum Gasteiger partial charge on any atom is 0.423 e. The molecule has 2 unspecified atom stereocenters. The van der Waals surface area contributed by atoms with Crippen LogP contribution in [0, 0.1) is 0 Å². The van der Waals surface area contributed by atoms with Gasteiger partial charge in [-0.15, -0.1) is 0 Å². The Morgan fingerprint density at radius 1 is 1.33 bits per heavy atom. The number of aliphatic hydroxyl groups is 1. The van der Waals surface area contributed by atoms with Crippen LogP contribution in [-0.2, 0) is 5.60 Å². The quantitative estimate of drug-likeness (QED) is 0.898. The highest BCUT2D eigenvalue weighted by molar-refractivity contribution is 6.42. The van der Waals surface area contributed by atoms with Crippen molar-refractivity contribution in [2.24, 2.45) is 5.73 Å². The average Bonchev–Trinajstić information content (AvgIpc) is 2.29. The molecule has 0 heterocycles. The molecule has 0 aliphatic rings. The van der Waals surface area contributed by atoms with Crippen LogP contribution in [-0.4, -0.2) is 17.3 Å². The van der Waals surface area contributed by atoms with Gasteiger partial charge in [0.2, 0.25) is 5.60 Å². The summed E-state index contributed by atoms with van der Waals surface area (Å²) < 4.78 is 39.3. The first kappa shape index (κ1) is 15.6. The summed E-state index contributed by atoms with van der Waals surface area (Å²) in [6.45, 7) is 1.44. The number of alkyl halides is 3. The lowest BCUT2D eigenvalue weighted by Crippen LogP contribution is -2.55. The minimum atomic E-state index is -4.95. The highest BCUT2D eigenvalue weighted by Crippen LogP contribution is 2.45. The number of halogens is 5. The van der Waals surface area contributed by atoms with Gasteiger partial charge >= 0.3 is 6.18 Å². The van der Waals surface area contributed by atoms with Gasteiger partial charge in [-0.25, -0.2) is 0 Å². The Morgan fingerprint density at radius 2 is 1.89 bits per heavy atom. The van der Waals surface area contributed by atoms with Crippen LogP contribution in [0.2, 0.25) is 10.0 Å². The van der Waals surface area contributed by atoms with Crippen molar-refractivity contribution in [3.63, 3.8) is 0 Å². The molecule has 102 valence electrons. The maximum atomic E-state index is 13.1. The van der Waals surface area contributed by atoms with Crippen LogP contribution >= 0.6 is 23.2 Å². The zero-order chi connectivity index (χ0) is 14.1. The molecule has 18 heavy (non-hydrogen) atoms. The molecule has 0 radical (unpaired) electrons. The number of rotatable bonds is 3. The van der Waals surface area contributed by atoms with Gasteiger partial charge in [-0.2, -0.15) is 13.2 Å². The van der Waals surface area contributed by atoms with E-state index in [1.807, 2.05) is 0 Å². The Hall–Kier alpha value is -0.490. The molecule has 3 N–H and O–H groups in total. The maximum absolute atomic E-state index is 13.1. The molecule has 7 heteroatoms. The molecule has 2 nitrogen and oxygen atoms in total. The Kier molecular flexibility index (Phi) is 4.54. The van der Waals surface area contributed by atoms with Crippen LogP contribution < -0.4 is 5.73 Å². The molecule has 1 aromatic rings. The molecule has 0 aliphatic heterocycles. The molecular formula is C11H12Cl2F3NO. The van der Waals surface area contributed by atoms with Crippen LogP contribution in [0.15, 0.2) is 18.2 Å². The largest absolute Gasteiger partial charge is 0.423 e. The molecule has 0 aliphatic carbocycles. The van der Waals surface area contributed by atoms with Crippen LogP contribution in [0.1, 0.15) is 18.9 Å². The van der Waals surface area contributed by atoms with Gasteiger partial charge in [0, 0.05) is 11.6 Å². The lowest BCUT2D eigenvalue weighted by atomic mass is 9.84. The van der Waals surface area contributed by atoms with E-state index in [0.717, 1.165) is 6.07 Å². The summed E-state index contributed by atoms with van der Waals surface area (Å²) in [6.07, 6.45) is -5.02. The highest BCUT2D eigenvalue weighted by atomic mass is 35.5. The van der Waals surface area contributed by atoms with Gasteiger partial charge in [-0.05, 0) is 12.5 Å². The SMILES string of the molecule is CCC(N)C(O)(c1cccc(Cl)c1Cl)C(F)(F)F. The standard InChI is InChI=1S/C11H12Cl2F3NO/c1-2-8(17)10(18,11(14,15)16)6-4-3-5-7(12)9(6)13/h3-5,8,18H,2,17H2,1H3. The van der Waals surface area contributed by atoms with Crippen LogP contribution in [0.3, 0.4) is 0 Å². The van der Waals surface area contributed by atoms with Gasteiger partial charge in [0.1, 0.15) is 0 Å². The third kappa shape index (κ3) is 2.45. The second-order valence-electron chi connectivity index (χ2n) is 3.88. The zero-order valence-electron chi connectivity index (χ0n) is 9.43. The molecule has 1 aromatic carbocycles. The number of hydrogen-bond donors (Lipinski definition) is 2. The molecule has 2 atom stereocenters. The summed E-state index contributed by atoms with van der Waals surface area (Å²) in [5.41, 5.74) is 1.67. The van der Waals surface area contributed by atoms with Crippen molar-refractivity contribution < 1.29 is 18.3 Å². The Labute approximate surface area is 112 Å². The van der Waals surface area contributed by atoms with E-state index in [2.05, 4.69) is 0 Å². The fourth-order valence-corrected chi connectivity index (χ4v) is 2.10. The van der Waals surface area contributed by atoms with E-state index in [1.54, 1.807) is 0 Å². The van der Waals surface area contributed by atoms with Crippen molar-refractivity contribution in [2.45, 2.75) is 31.2 Å². The molecule has 0 fully saturated rings. The molecule has 0 aromatic heterocycles.